The summed E-state index contributed by atoms with van der Waals surface area (Å²) in [7, 11) is 0. The number of amides is 1. The summed E-state index contributed by atoms with van der Waals surface area (Å²) in [4.78, 5) is 11.9. The fraction of sp³-hybridized carbons (Fsp3) is 0.533. The first-order chi connectivity index (χ1) is 9.75. The van der Waals surface area contributed by atoms with Crippen LogP contribution >= 0.6 is 0 Å². The molecule has 0 radical (unpaired) electrons. The lowest BCUT2D eigenvalue weighted by molar-refractivity contribution is -0.137. The highest BCUT2D eigenvalue weighted by atomic mass is 19.4. The molecule has 3 nitrogen and oxygen atoms in total. The summed E-state index contributed by atoms with van der Waals surface area (Å²) in [5, 5.41) is 2.80. The van der Waals surface area contributed by atoms with Crippen LogP contribution in [0.5, 0.6) is 0 Å². The highest BCUT2D eigenvalue weighted by Crippen LogP contribution is 2.29. The van der Waals surface area contributed by atoms with E-state index < -0.39 is 11.7 Å². The predicted molar refractivity (Wildman–Crippen MR) is 75.5 cm³/mol. The lowest BCUT2D eigenvalue weighted by Crippen LogP contribution is -2.31. The van der Waals surface area contributed by atoms with Gasteiger partial charge in [-0.15, -0.1) is 0 Å². The zero-order valence-electron chi connectivity index (χ0n) is 12.2. The summed E-state index contributed by atoms with van der Waals surface area (Å²) >= 11 is 0. The molecule has 6 heteroatoms. The van der Waals surface area contributed by atoms with Crippen LogP contribution in [0.4, 0.5) is 13.2 Å². The molecule has 21 heavy (non-hydrogen) atoms. The standard InChI is InChI=1S/C15H21F3N2O/c1-10(4-3-9-19)14(21)20-11(2)12-5-7-13(8-6-12)15(16,17)18/h5-8,10-11H,3-4,9,19H2,1-2H3,(H,20,21). The van der Waals surface area contributed by atoms with Crippen molar-refractivity contribution in [1.82, 2.24) is 5.32 Å². The van der Waals surface area contributed by atoms with Gasteiger partial charge in [0.2, 0.25) is 5.91 Å². The van der Waals surface area contributed by atoms with Crippen LogP contribution in [0.25, 0.3) is 0 Å². The average molecular weight is 302 g/mol. The fourth-order valence-electron chi connectivity index (χ4n) is 1.95. The Bertz CT molecular complexity index is 457. The van der Waals surface area contributed by atoms with Crippen LogP contribution in [-0.2, 0) is 11.0 Å². The summed E-state index contributed by atoms with van der Waals surface area (Å²) in [6, 6.07) is 4.49. The smallest absolute Gasteiger partial charge is 0.349 e. The second-order valence-corrected chi connectivity index (χ2v) is 5.18. The van der Waals surface area contributed by atoms with Crippen molar-refractivity contribution in [3.63, 3.8) is 0 Å². The van der Waals surface area contributed by atoms with E-state index in [1.165, 1.54) is 12.1 Å². The Morgan fingerprint density at radius 3 is 2.29 bits per heavy atom. The molecule has 0 aliphatic carbocycles. The number of carbonyl (C=O) groups is 1. The van der Waals surface area contributed by atoms with E-state index in [0.29, 0.717) is 18.5 Å². The Morgan fingerprint density at radius 2 is 1.81 bits per heavy atom. The van der Waals surface area contributed by atoms with Crippen LogP contribution < -0.4 is 11.1 Å². The zero-order valence-corrected chi connectivity index (χ0v) is 12.2. The molecule has 2 unspecified atom stereocenters. The maximum absolute atomic E-state index is 12.5. The summed E-state index contributed by atoms with van der Waals surface area (Å²) < 4.78 is 37.4. The molecule has 0 fully saturated rings. The molecule has 0 aliphatic rings. The zero-order chi connectivity index (χ0) is 16.0. The Morgan fingerprint density at radius 1 is 1.24 bits per heavy atom. The number of rotatable bonds is 6. The Hall–Kier alpha value is -1.56. The van der Waals surface area contributed by atoms with E-state index >= 15 is 0 Å². The molecule has 1 amide bonds. The van der Waals surface area contributed by atoms with Crippen molar-refractivity contribution >= 4 is 5.91 Å². The normalized spacial score (nSPS) is 14.6. The molecule has 0 heterocycles. The van der Waals surface area contributed by atoms with Gasteiger partial charge in [0, 0.05) is 5.92 Å². The SMILES string of the molecule is CC(CCCN)C(=O)NC(C)c1ccc(C(F)(F)F)cc1. The molecule has 1 aromatic carbocycles. The molecule has 0 aliphatic heterocycles. The minimum Gasteiger partial charge on any atom is -0.349 e. The second-order valence-electron chi connectivity index (χ2n) is 5.18. The quantitative estimate of drug-likeness (QED) is 0.847. The van der Waals surface area contributed by atoms with E-state index in [-0.39, 0.29) is 17.9 Å². The van der Waals surface area contributed by atoms with Crippen molar-refractivity contribution in [1.29, 1.82) is 0 Å². The van der Waals surface area contributed by atoms with Crippen LogP contribution in [0.15, 0.2) is 24.3 Å². The first kappa shape index (κ1) is 17.5. The molecular weight excluding hydrogens is 281 g/mol. The first-order valence-corrected chi connectivity index (χ1v) is 6.93. The second kappa shape index (κ2) is 7.45. The number of alkyl halides is 3. The van der Waals surface area contributed by atoms with E-state index in [0.717, 1.165) is 18.6 Å². The number of halogens is 3. The Labute approximate surface area is 122 Å². The van der Waals surface area contributed by atoms with Crippen LogP contribution in [0, 0.1) is 5.92 Å². The molecular formula is C15H21F3N2O. The topological polar surface area (TPSA) is 55.1 Å². The van der Waals surface area contributed by atoms with Gasteiger partial charge in [0.25, 0.3) is 0 Å². The van der Waals surface area contributed by atoms with Crippen LogP contribution in [0.1, 0.15) is 43.9 Å². The van der Waals surface area contributed by atoms with Crippen LogP contribution in [0.2, 0.25) is 0 Å². The first-order valence-electron chi connectivity index (χ1n) is 6.93. The molecule has 0 bridgehead atoms. The monoisotopic (exact) mass is 302 g/mol. The molecule has 0 aromatic heterocycles. The molecule has 118 valence electrons. The molecule has 0 saturated carbocycles. The van der Waals surface area contributed by atoms with E-state index in [1.807, 2.05) is 6.92 Å². The van der Waals surface area contributed by atoms with Crippen molar-refractivity contribution < 1.29 is 18.0 Å². The third kappa shape index (κ3) is 5.38. The summed E-state index contributed by atoms with van der Waals surface area (Å²) in [5.41, 5.74) is 5.34. The largest absolute Gasteiger partial charge is 0.416 e. The number of hydrogen-bond donors (Lipinski definition) is 2. The predicted octanol–water partition coefficient (Wildman–Crippen LogP) is 3.26. The third-order valence-electron chi connectivity index (χ3n) is 3.39. The molecule has 0 spiro atoms. The number of nitrogens with one attached hydrogen (secondary N) is 1. The molecule has 2 atom stereocenters. The Balaban J connectivity index is 2.63. The Kier molecular flexibility index (Phi) is 6.20. The molecule has 0 saturated heterocycles. The van der Waals surface area contributed by atoms with Gasteiger partial charge in [0.15, 0.2) is 0 Å². The van der Waals surface area contributed by atoms with Gasteiger partial charge in [-0.3, -0.25) is 4.79 Å². The van der Waals surface area contributed by atoms with Gasteiger partial charge < -0.3 is 11.1 Å². The van der Waals surface area contributed by atoms with Crippen molar-refractivity contribution in [2.24, 2.45) is 11.7 Å². The number of nitrogens with two attached hydrogens (primary N) is 1. The van der Waals surface area contributed by atoms with E-state index in [9.17, 15) is 18.0 Å². The molecule has 1 rings (SSSR count). The number of carbonyl (C=O) groups excluding carboxylic acids is 1. The lowest BCUT2D eigenvalue weighted by atomic mass is 10.0. The van der Waals surface area contributed by atoms with Gasteiger partial charge in [0.1, 0.15) is 0 Å². The minimum atomic E-state index is -4.35. The highest BCUT2D eigenvalue weighted by Gasteiger charge is 2.30. The van der Waals surface area contributed by atoms with Crippen molar-refractivity contribution in [2.45, 2.75) is 38.9 Å². The van der Waals surface area contributed by atoms with E-state index in [1.54, 1.807) is 6.92 Å². The summed E-state index contributed by atoms with van der Waals surface area (Å²) in [5.74, 6) is -0.277. The average Bonchev–Trinajstić information content (AvgIpc) is 2.43. The lowest BCUT2D eigenvalue weighted by Gasteiger charge is -2.18. The maximum Gasteiger partial charge on any atom is 0.416 e. The van der Waals surface area contributed by atoms with Crippen molar-refractivity contribution in [3.8, 4) is 0 Å². The molecule has 3 N–H and O–H groups in total. The van der Waals surface area contributed by atoms with Gasteiger partial charge >= 0.3 is 6.18 Å². The van der Waals surface area contributed by atoms with Gasteiger partial charge in [-0.25, -0.2) is 0 Å². The van der Waals surface area contributed by atoms with Crippen LogP contribution in [-0.4, -0.2) is 12.5 Å². The van der Waals surface area contributed by atoms with Gasteiger partial charge in [0.05, 0.1) is 11.6 Å². The summed E-state index contributed by atoms with van der Waals surface area (Å²) in [6.45, 7) is 4.09. The minimum absolute atomic E-state index is 0.115. The van der Waals surface area contributed by atoms with Crippen molar-refractivity contribution in [2.75, 3.05) is 6.54 Å². The fourth-order valence-corrected chi connectivity index (χ4v) is 1.95. The maximum atomic E-state index is 12.5. The number of hydrogen-bond acceptors (Lipinski definition) is 2. The summed E-state index contributed by atoms with van der Waals surface area (Å²) in [6.07, 6.45) is -2.88. The van der Waals surface area contributed by atoms with E-state index in [4.69, 9.17) is 5.73 Å². The van der Waals surface area contributed by atoms with Gasteiger partial charge in [-0.1, -0.05) is 19.1 Å². The van der Waals surface area contributed by atoms with E-state index in [2.05, 4.69) is 5.32 Å². The van der Waals surface area contributed by atoms with Gasteiger partial charge in [-0.2, -0.15) is 13.2 Å². The van der Waals surface area contributed by atoms with Gasteiger partial charge in [-0.05, 0) is 44.0 Å². The van der Waals surface area contributed by atoms with Crippen molar-refractivity contribution in [3.05, 3.63) is 35.4 Å². The third-order valence-corrected chi connectivity index (χ3v) is 3.39. The van der Waals surface area contributed by atoms with Crippen LogP contribution in [0.3, 0.4) is 0 Å². The number of benzene rings is 1. The molecule has 1 aromatic rings. The highest BCUT2D eigenvalue weighted by molar-refractivity contribution is 5.78.